The predicted molar refractivity (Wildman–Crippen MR) is 74.1 cm³/mol. The number of carbonyl (C=O) groups excluding carboxylic acids is 2. The minimum Gasteiger partial charge on any atom is -0.299 e. The van der Waals surface area contributed by atoms with E-state index in [1.54, 1.807) is 0 Å². The molecule has 0 heterocycles. The molecule has 0 aromatic heterocycles. The van der Waals surface area contributed by atoms with Crippen LogP contribution in [0.25, 0.3) is 0 Å². The molecule has 1 aromatic carbocycles. The van der Waals surface area contributed by atoms with Crippen LogP contribution in [0.3, 0.4) is 0 Å². The Balaban J connectivity index is 1.73. The molecule has 0 radical (unpaired) electrons. The van der Waals surface area contributed by atoms with E-state index in [4.69, 9.17) is 0 Å². The van der Waals surface area contributed by atoms with Crippen molar-refractivity contribution in [2.24, 2.45) is 11.8 Å². The number of carbonyl (C=O) groups is 2. The summed E-state index contributed by atoms with van der Waals surface area (Å²) in [5.41, 5.74) is 4.00. The van der Waals surface area contributed by atoms with Crippen LogP contribution in [-0.4, -0.2) is 11.6 Å². The first-order valence-electron chi connectivity index (χ1n) is 7.14. The minimum absolute atomic E-state index is 0.146. The normalized spacial score (nSPS) is 27.7. The lowest BCUT2D eigenvalue weighted by Gasteiger charge is -2.20. The highest BCUT2D eigenvalue weighted by Gasteiger charge is 2.46. The van der Waals surface area contributed by atoms with Crippen molar-refractivity contribution in [3.05, 3.63) is 34.9 Å². The van der Waals surface area contributed by atoms with E-state index in [2.05, 4.69) is 32.0 Å². The van der Waals surface area contributed by atoms with E-state index >= 15 is 0 Å². The lowest BCUT2D eigenvalue weighted by molar-refractivity contribution is -0.131. The molecule has 0 amide bonds. The van der Waals surface area contributed by atoms with Gasteiger partial charge < -0.3 is 0 Å². The van der Waals surface area contributed by atoms with E-state index in [0.29, 0.717) is 30.6 Å². The quantitative estimate of drug-likeness (QED) is 0.760. The summed E-state index contributed by atoms with van der Waals surface area (Å²) < 4.78 is 0. The van der Waals surface area contributed by atoms with Gasteiger partial charge >= 0.3 is 0 Å². The number of aryl methyl sites for hydroxylation is 2. The Kier molecular flexibility index (Phi) is 3.04. The molecule has 19 heavy (non-hydrogen) atoms. The van der Waals surface area contributed by atoms with Crippen LogP contribution in [0.15, 0.2) is 18.2 Å². The number of benzene rings is 1. The largest absolute Gasteiger partial charge is 0.299 e. The summed E-state index contributed by atoms with van der Waals surface area (Å²) >= 11 is 0. The fourth-order valence-electron chi connectivity index (χ4n) is 3.67. The summed E-state index contributed by atoms with van der Waals surface area (Å²) in [5, 5.41) is 0. The van der Waals surface area contributed by atoms with E-state index in [-0.39, 0.29) is 18.0 Å². The van der Waals surface area contributed by atoms with Gasteiger partial charge in [0.05, 0.1) is 6.42 Å². The molecule has 2 nitrogen and oxygen atoms in total. The maximum absolute atomic E-state index is 11.5. The molecule has 1 unspecified atom stereocenters. The zero-order valence-corrected chi connectivity index (χ0v) is 11.6. The molecule has 2 fully saturated rings. The first-order valence-corrected chi connectivity index (χ1v) is 7.14. The van der Waals surface area contributed by atoms with Gasteiger partial charge in [0, 0.05) is 12.8 Å². The maximum atomic E-state index is 11.5. The van der Waals surface area contributed by atoms with E-state index < -0.39 is 0 Å². The molecule has 2 aliphatic rings. The smallest absolute Gasteiger partial charge is 0.140 e. The van der Waals surface area contributed by atoms with Crippen molar-refractivity contribution < 1.29 is 9.59 Å². The highest BCUT2D eigenvalue weighted by molar-refractivity contribution is 6.01. The van der Waals surface area contributed by atoms with Crippen LogP contribution >= 0.6 is 0 Å². The van der Waals surface area contributed by atoms with Gasteiger partial charge in [-0.25, -0.2) is 0 Å². The SMILES string of the molecule is Cc1cc(C)cc([C@H]2CC2C2CC(=O)CC(=O)C2)c1. The van der Waals surface area contributed by atoms with Crippen molar-refractivity contribution in [2.75, 3.05) is 0 Å². The summed E-state index contributed by atoms with van der Waals surface area (Å²) in [6, 6.07) is 6.70. The molecule has 2 heteroatoms. The van der Waals surface area contributed by atoms with Crippen molar-refractivity contribution in [1.29, 1.82) is 0 Å². The molecule has 0 bridgehead atoms. The monoisotopic (exact) mass is 256 g/mol. The lowest BCUT2D eigenvalue weighted by atomic mass is 9.83. The molecule has 100 valence electrons. The lowest BCUT2D eigenvalue weighted by Crippen LogP contribution is -2.24. The molecule has 2 atom stereocenters. The molecule has 3 rings (SSSR count). The highest BCUT2D eigenvalue weighted by Crippen LogP contribution is 2.54. The first-order chi connectivity index (χ1) is 9.02. The average Bonchev–Trinajstić information content (AvgIpc) is 3.05. The Morgan fingerprint density at radius 1 is 0.947 bits per heavy atom. The van der Waals surface area contributed by atoms with Crippen LogP contribution in [-0.2, 0) is 9.59 Å². The van der Waals surface area contributed by atoms with Crippen molar-refractivity contribution in [1.82, 2.24) is 0 Å². The molecule has 0 saturated heterocycles. The minimum atomic E-state index is 0.146. The number of ketones is 2. The molecule has 0 spiro atoms. The molecule has 1 aromatic rings. The number of hydrogen-bond acceptors (Lipinski definition) is 2. The molecule has 0 aliphatic heterocycles. The van der Waals surface area contributed by atoms with E-state index in [1.807, 2.05) is 0 Å². The van der Waals surface area contributed by atoms with Crippen molar-refractivity contribution in [3.63, 3.8) is 0 Å². The van der Waals surface area contributed by atoms with Gasteiger partial charge in [-0.3, -0.25) is 9.59 Å². The first kappa shape index (κ1) is 12.6. The van der Waals surface area contributed by atoms with Gasteiger partial charge in [0.25, 0.3) is 0 Å². The third-order valence-electron chi connectivity index (χ3n) is 4.49. The van der Waals surface area contributed by atoms with Crippen molar-refractivity contribution in [2.45, 2.75) is 45.4 Å². The zero-order chi connectivity index (χ0) is 13.6. The summed E-state index contributed by atoms with van der Waals surface area (Å²) in [5.74, 6) is 1.72. The van der Waals surface area contributed by atoms with Crippen molar-refractivity contribution in [3.8, 4) is 0 Å². The highest BCUT2D eigenvalue weighted by atomic mass is 16.1. The Labute approximate surface area is 114 Å². The van der Waals surface area contributed by atoms with Crippen molar-refractivity contribution >= 4 is 11.6 Å². The third-order valence-corrected chi connectivity index (χ3v) is 4.49. The van der Waals surface area contributed by atoms with Crippen LogP contribution < -0.4 is 0 Å². The van der Waals surface area contributed by atoms with E-state index in [0.717, 1.165) is 6.42 Å². The Hall–Kier alpha value is -1.44. The van der Waals surface area contributed by atoms with Gasteiger partial charge in [0.2, 0.25) is 0 Å². The topological polar surface area (TPSA) is 34.1 Å². The molecule has 2 saturated carbocycles. The maximum Gasteiger partial charge on any atom is 0.140 e. The van der Waals surface area contributed by atoms with Gasteiger partial charge in [0.1, 0.15) is 11.6 Å². The number of Topliss-reactive ketones (excluding diaryl/α,β-unsaturated/α-hetero) is 2. The van der Waals surface area contributed by atoms with E-state index in [9.17, 15) is 9.59 Å². The summed E-state index contributed by atoms with van der Waals surface area (Å²) in [4.78, 5) is 23.1. The average molecular weight is 256 g/mol. The van der Waals surface area contributed by atoms with Crippen LogP contribution in [0.5, 0.6) is 0 Å². The summed E-state index contributed by atoms with van der Waals surface area (Å²) in [7, 11) is 0. The van der Waals surface area contributed by atoms with Gasteiger partial charge in [0.15, 0.2) is 0 Å². The van der Waals surface area contributed by atoms with Crippen LogP contribution in [0.2, 0.25) is 0 Å². The second-order valence-electron chi connectivity index (χ2n) is 6.35. The van der Waals surface area contributed by atoms with Gasteiger partial charge in [-0.1, -0.05) is 29.3 Å². The van der Waals surface area contributed by atoms with Crippen LogP contribution in [0.1, 0.15) is 48.3 Å². The second kappa shape index (κ2) is 4.59. The molecule has 2 aliphatic carbocycles. The van der Waals surface area contributed by atoms with Crippen LogP contribution in [0, 0.1) is 25.7 Å². The Bertz CT molecular complexity index is 508. The fourth-order valence-corrected chi connectivity index (χ4v) is 3.67. The van der Waals surface area contributed by atoms with Gasteiger partial charge in [-0.05, 0) is 43.6 Å². The summed E-state index contributed by atoms with van der Waals surface area (Å²) in [6.45, 7) is 4.25. The predicted octanol–water partition coefficient (Wildman–Crippen LogP) is 3.35. The zero-order valence-electron chi connectivity index (χ0n) is 11.6. The van der Waals surface area contributed by atoms with E-state index in [1.165, 1.54) is 16.7 Å². The molecular formula is C17H20O2. The van der Waals surface area contributed by atoms with Gasteiger partial charge in [-0.15, -0.1) is 0 Å². The standard InChI is InChI=1S/C17H20O2/c1-10-3-11(2)5-12(4-10)16-9-17(16)13-6-14(18)8-15(19)7-13/h3-5,13,16-17H,6-9H2,1-2H3/t16-,17?/m1/s1. The fraction of sp³-hybridized carbons (Fsp3) is 0.529. The molecular weight excluding hydrogens is 236 g/mol. The Morgan fingerprint density at radius 3 is 2.11 bits per heavy atom. The van der Waals surface area contributed by atoms with Crippen LogP contribution in [0.4, 0.5) is 0 Å². The second-order valence-corrected chi connectivity index (χ2v) is 6.35. The third kappa shape index (κ3) is 2.63. The van der Waals surface area contributed by atoms with Gasteiger partial charge in [-0.2, -0.15) is 0 Å². The Morgan fingerprint density at radius 2 is 1.53 bits per heavy atom. The number of rotatable bonds is 2. The molecule has 0 N–H and O–H groups in total. The number of hydrogen-bond donors (Lipinski definition) is 0. The summed E-state index contributed by atoms with van der Waals surface area (Å²) in [6.07, 6.45) is 2.57.